The number of ether oxygens (including phenoxy) is 2. The molecule has 0 aliphatic carbocycles. The Morgan fingerprint density at radius 2 is 2.55 bits per heavy atom. The van der Waals surface area contributed by atoms with Crippen molar-refractivity contribution in [2.75, 3.05) is 26.3 Å². The summed E-state index contributed by atoms with van der Waals surface area (Å²) in [5.74, 6) is 0.0336. The van der Waals surface area contributed by atoms with E-state index in [1.54, 1.807) is 24.5 Å². The van der Waals surface area contributed by atoms with E-state index in [4.69, 9.17) is 9.47 Å². The highest BCUT2D eigenvalue weighted by atomic mass is 16.6. The van der Waals surface area contributed by atoms with Crippen molar-refractivity contribution in [1.82, 2.24) is 9.88 Å². The molecule has 0 radical (unpaired) electrons. The van der Waals surface area contributed by atoms with Crippen molar-refractivity contribution >= 4 is 5.91 Å². The number of carbonyl (C=O) groups is 1. The molecule has 3 rings (SSSR count). The van der Waals surface area contributed by atoms with Gasteiger partial charge in [0.15, 0.2) is 0 Å². The number of nitrogens with zero attached hydrogens (tertiary/aromatic N) is 2. The van der Waals surface area contributed by atoms with Crippen LogP contribution in [0.15, 0.2) is 37.2 Å². The lowest BCUT2D eigenvalue weighted by Crippen LogP contribution is -2.50. The summed E-state index contributed by atoms with van der Waals surface area (Å²) in [6, 6.07) is 3.60. The Bertz CT molecular complexity index is 534. The van der Waals surface area contributed by atoms with Gasteiger partial charge in [-0.15, -0.1) is 6.58 Å². The zero-order valence-electron chi connectivity index (χ0n) is 12.7. The monoisotopic (exact) mass is 302 g/mol. The quantitative estimate of drug-likeness (QED) is 0.799. The predicted molar refractivity (Wildman–Crippen MR) is 82.6 cm³/mol. The average molecular weight is 302 g/mol. The molecule has 2 saturated heterocycles. The second-order valence-corrected chi connectivity index (χ2v) is 6.01. The predicted octanol–water partition coefficient (Wildman–Crippen LogP) is 2.05. The maximum atomic E-state index is 12.6. The Hall–Kier alpha value is -1.72. The van der Waals surface area contributed by atoms with E-state index in [2.05, 4.69) is 11.6 Å². The lowest BCUT2D eigenvalue weighted by atomic mass is 9.89. The van der Waals surface area contributed by atoms with Crippen LogP contribution < -0.4 is 0 Å². The molecule has 2 fully saturated rings. The van der Waals surface area contributed by atoms with Crippen LogP contribution in [0, 0.1) is 0 Å². The van der Waals surface area contributed by atoms with Crippen molar-refractivity contribution in [3.05, 3.63) is 42.7 Å². The number of likely N-dealkylation sites (tertiary alicyclic amines) is 1. The van der Waals surface area contributed by atoms with Crippen molar-refractivity contribution < 1.29 is 14.3 Å². The van der Waals surface area contributed by atoms with Gasteiger partial charge in [0.25, 0.3) is 5.91 Å². The van der Waals surface area contributed by atoms with E-state index in [0.717, 1.165) is 25.8 Å². The van der Waals surface area contributed by atoms with E-state index in [-0.39, 0.29) is 17.6 Å². The van der Waals surface area contributed by atoms with Gasteiger partial charge in [-0.2, -0.15) is 0 Å². The van der Waals surface area contributed by atoms with E-state index in [1.165, 1.54) is 0 Å². The van der Waals surface area contributed by atoms with Crippen LogP contribution in [-0.2, 0) is 9.47 Å². The summed E-state index contributed by atoms with van der Waals surface area (Å²) in [6.45, 7) is 6.22. The number of aromatic nitrogens is 1. The highest BCUT2D eigenvalue weighted by Gasteiger charge is 2.44. The summed E-state index contributed by atoms with van der Waals surface area (Å²) in [6.07, 6.45) is 7.94. The van der Waals surface area contributed by atoms with Gasteiger partial charge < -0.3 is 14.4 Å². The fourth-order valence-corrected chi connectivity index (χ4v) is 3.34. The van der Waals surface area contributed by atoms with Gasteiger partial charge in [0.2, 0.25) is 0 Å². The molecule has 1 aromatic rings. The van der Waals surface area contributed by atoms with Crippen LogP contribution in [0.3, 0.4) is 0 Å². The Morgan fingerprint density at radius 1 is 1.64 bits per heavy atom. The van der Waals surface area contributed by atoms with Gasteiger partial charge in [-0.1, -0.05) is 6.08 Å². The molecular formula is C17H22N2O3. The molecule has 1 aromatic heterocycles. The van der Waals surface area contributed by atoms with Gasteiger partial charge in [-0.25, -0.2) is 0 Å². The second-order valence-electron chi connectivity index (χ2n) is 6.01. The number of rotatable bonds is 4. The number of hydrogen-bond acceptors (Lipinski definition) is 4. The SMILES string of the molecule is C=CCO[C@H]1CO[C@@]2(CCCN(C(=O)c3cccnc3)C2)C1. The Labute approximate surface area is 130 Å². The maximum absolute atomic E-state index is 12.6. The first-order valence-corrected chi connectivity index (χ1v) is 7.78. The first-order chi connectivity index (χ1) is 10.7. The van der Waals surface area contributed by atoms with Crippen LogP contribution >= 0.6 is 0 Å². The number of pyridine rings is 1. The van der Waals surface area contributed by atoms with Crippen molar-refractivity contribution in [3.63, 3.8) is 0 Å². The van der Waals surface area contributed by atoms with Crippen LogP contribution in [0.4, 0.5) is 0 Å². The van der Waals surface area contributed by atoms with Gasteiger partial charge in [0, 0.05) is 25.4 Å². The van der Waals surface area contributed by atoms with E-state index < -0.39 is 0 Å². The molecule has 5 heteroatoms. The molecule has 0 unspecified atom stereocenters. The standard InChI is InChI=1S/C17H22N2O3/c1-2-9-21-15-10-17(22-12-15)6-4-8-19(13-17)16(20)14-5-3-7-18-11-14/h2-3,5,7,11,15H,1,4,6,8-10,12-13H2/t15-,17+/m1/s1. The summed E-state index contributed by atoms with van der Waals surface area (Å²) in [7, 11) is 0. The molecule has 5 nitrogen and oxygen atoms in total. The fraction of sp³-hybridized carbons (Fsp3) is 0.529. The molecule has 22 heavy (non-hydrogen) atoms. The van der Waals surface area contributed by atoms with Gasteiger partial charge >= 0.3 is 0 Å². The number of amides is 1. The lowest BCUT2D eigenvalue weighted by molar-refractivity contribution is -0.0461. The summed E-state index contributed by atoms with van der Waals surface area (Å²) in [5, 5.41) is 0. The van der Waals surface area contributed by atoms with Crippen LogP contribution in [0.25, 0.3) is 0 Å². The van der Waals surface area contributed by atoms with Crippen molar-refractivity contribution in [3.8, 4) is 0 Å². The van der Waals surface area contributed by atoms with Gasteiger partial charge in [0.1, 0.15) is 0 Å². The molecule has 1 spiro atoms. The highest BCUT2D eigenvalue weighted by molar-refractivity contribution is 5.94. The van der Waals surface area contributed by atoms with E-state index in [1.807, 2.05) is 11.0 Å². The third-order valence-corrected chi connectivity index (χ3v) is 4.36. The molecule has 0 aromatic carbocycles. The Kier molecular flexibility index (Phi) is 4.55. The van der Waals surface area contributed by atoms with Gasteiger partial charge in [-0.3, -0.25) is 9.78 Å². The summed E-state index contributed by atoms with van der Waals surface area (Å²) in [5.41, 5.74) is 0.388. The molecule has 1 amide bonds. The third-order valence-electron chi connectivity index (χ3n) is 4.36. The Morgan fingerprint density at radius 3 is 3.32 bits per heavy atom. The normalized spacial score (nSPS) is 28.0. The molecule has 3 heterocycles. The molecule has 2 aliphatic heterocycles. The van der Waals surface area contributed by atoms with E-state index >= 15 is 0 Å². The molecule has 2 atom stereocenters. The molecule has 0 N–H and O–H groups in total. The summed E-state index contributed by atoms with van der Waals surface area (Å²) >= 11 is 0. The third kappa shape index (κ3) is 3.20. The van der Waals surface area contributed by atoms with Crippen molar-refractivity contribution in [2.45, 2.75) is 31.0 Å². The number of piperidine rings is 1. The average Bonchev–Trinajstić information content (AvgIpc) is 2.95. The number of hydrogen-bond donors (Lipinski definition) is 0. The minimum absolute atomic E-state index is 0.0336. The maximum Gasteiger partial charge on any atom is 0.255 e. The van der Waals surface area contributed by atoms with Gasteiger partial charge in [0.05, 0.1) is 37.0 Å². The minimum atomic E-state index is -0.248. The fourth-order valence-electron chi connectivity index (χ4n) is 3.34. The Balaban J connectivity index is 1.65. The molecule has 0 saturated carbocycles. The van der Waals surface area contributed by atoms with E-state index in [0.29, 0.717) is 25.3 Å². The van der Waals surface area contributed by atoms with Crippen molar-refractivity contribution in [1.29, 1.82) is 0 Å². The summed E-state index contributed by atoms with van der Waals surface area (Å²) in [4.78, 5) is 18.5. The summed E-state index contributed by atoms with van der Waals surface area (Å²) < 4.78 is 11.7. The zero-order chi connectivity index (χ0) is 15.4. The zero-order valence-corrected chi connectivity index (χ0v) is 12.7. The van der Waals surface area contributed by atoms with Gasteiger partial charge in [-0.05, 0) is 25.0 Å². The molecule has 118 valence electrons. The highest BCUT2D eigenvalue weighted by Crippen LogP contribution is 2.36. The molecular weight excluding hydrogens is 280 g/mol. The lowest BCUT2D eigenvalue weighted by Gasteiger charge is -2.39. The van der Waals surface area contributed by atoms with E-state index in [9.17, 15) is 4.79 Å². The largest absolute Gasteiger partial charge is 0.372 e. The minimum Gasteiger partial charge on any atom is -0.372 e. The topological polar surface area (TPSA) is 51.7 Å². The van der Waals surface area contributed by atoms with Crippen LogP contribution in [-0.4, -0.2) is 53.8 Å². The first kappa shape index (κ1) is 15.2. The smallest absolute Gasteiger partial charge is 0.255 e. The number of carbonyl (C=O) groups excluding carboxylic acids is 1. The molecule has 0 bridgehead atoms. The second kappa shape index (κ2) is 6.58. The first-order valence-electron chi connectivity index (χ1n) is 7.78. The molecule has 2 aliphatic rings. The van der Waals surface area contributed by atoms with Crippen LogP contribution in [0.1, 0.15) is 29.6 Å². The van der Waals surface area contributed by atoms with Crippen LogP contribution in [0.5, 0.6) is 0 Å². The van der Waals surface area contributed by atoms with Crippen molar-refractivity contribution in [2.24, 2.45) is 0 Å². The van der Waals surface area contributed by atoms with Crippen LogP contribution in [0.2, 0.25) is 0 Å².